The number of aromatic nitrogens is 2. The topological polar surface area (TPSA) is 67.2 Å². The van der Waals surface area contributed by atoms with Gasteiger partial charge in [-0.25, -0.2) is 4.68 Å². The van der Waals surface area contributed by atoms with E-state index in [4.69, 9.17) is 16.7 Å². The summed E-state index contributed by atoms with van der Waals surface area (Å²) < 4.78 is 1.31. The van der Waals surface area contributed by atoms with Crippen LogP contribution >= 0.6 is 11.6 Å². The number of aliphatic hydroxyl groups excluding tert-OH is 1. The standard InChI is InChI=1S/C12H20ClN3O2/c1-4-16-11(18)10(13)9(7-15-16)14-8-12(2,3)5-6-17/h7,14,17H,4-6,8H2,1-3H3. The molecule has 0 radical (unpaired) electrons. The molecule has 102 valence electrons. The number of rotatable bonds is 6. The Morgan fingerprint density at radius 3 is 2.78 bits per heavy atom. The Morgan fingerprint density at radius 2 is 2.22 bits per heavy atom. The highest BCUT2D eigenvalue weighted by Crippen LogP contribution is 2.22. The maximum Gasteiger partial charge on any atom is 0.287 e. The molecule has 0 aliphatic carbocycles. The third kappa shape index (κ3) is 3.71. The van der Waals surface area contributed by atoms with Crippen LogP contribution in [-0.4, -0.2) is 28.0 Å². The summed E-state index contributed by atoms with van der Waals surface area (Å²) in [5.74, 6) is 0. The number of nitrogens with zero attached hydrogens (tertiary/aromatic N) is 2. The number of anilines is 1. The molecule has 0 aliphatic rings. The van der Waals surface area contributed by atoms with Crippen molar-refractivity contribution < 1.29 is 5.11 Å². The molecule has 0 unspecified atom stereocenters. The Labute approximate surface area is 112 Å². The summed E-state index contributed by atoms with van der Waals surface area (Å²) in [5.41, 5.74) is 0.180. The maximum absolute atomic E-state index is 11.8. The van der Waals surface area contributed by atoms with Gasteiger partial charge in [-0.1, -0.05) is 25.4 Å². The molecule has 1 rings (SSSR count). The van der Waals surface area contributed by atoms with E-state index in [9.17, 15) is 4.79 Å². The van der Waals surface area contributed by atoms with Crippen molar-refractivity contribution in [2.45, 2.75) is 33.7 Å². The predicted molar refractivity (Wildman–Crippen MR) is 73.2 cm³/mol. The van der Waals surface area contributed by atoms with Crippen molar-refractivity contribution in [1.29, 1.82) is 0 Å². The van der Waals surface area contributed by atoms with Crippen LogP contribution in [0.5, 0.6) is 0 Å². The van der Waals surface area contributed by atoms with Crippen molar-refractivity contribution in [2.24, 2.45) is 5.41 Å². The van der Waals surface area contributed by atoms with Crippen LogP contribution in [-0.2, 0) is 6.54 Å². The van der Waals surface area contributed by atoms with Crippen molar-refractivity contribution in [3.05, 3.63) is 21.6 Å². The third-order valence-electron chi connectivity index (χ3n) is 2.83. The average molecular weight is 274 g/mol. The first-order valence-corrected chi connectivity index (χ1v) is 6.39. The summed E-state index contributed by atoms with van der Waals surface area (Å²) in [5, 5.41) is 16.2. The summed E-state index contributed by atoms with van der Waals surface area (Å²) >= 11 is 6.00. The Bertz CT molecular complexity index is 457. The quantitative estimate of drug-likeness (QED) is 0.828. The zero-order chi connectivity index (χ0) is 13.8. The highest BCUT2D eigenvalue weighted by molar-refractivity contribution is 6.32. The minimum atomic E-state index is -0.288. The SMILES string of the molecule is CCn1ncc(NCC(C)(C)CCO)c(Cl)c1=O. The van der Waals surface area contributed by atoms with Crippen LogP contribution in [0.15, 0.2) is 11.0 Å². The third-order valence-corrected chi connectivity index (χ3v) is 3.20. The molecular formula is C12H20ClN3O2. The lowest BCUT2D eigenvalue weighted by Crippen LogP contribution is -2.27. The fraction of sp³-hybridized carbons (Fsp3) is 0.667. The molecule has 18 heavy (non-hydrogen) atoms. The Balaban J connectivity index is 2.81. The molecule has 1 aromatic heterocycles. The van der Waals surface area contributed by atoms with E-state index >= 15 is 0 Å². The molecule has 0 aliphatic heterocycles. The van der Waals surface area contributed by atoms with E-state index in [2.05, 4.69) is 10.4 Å². The van der Waals surface area contributed by atoms with Crippen LogP contribution in [0.3, 0.4) is 0 Å². The van der Waals surface area contributed by atoms with Crippen molar-refractivity contribution in [3.8, 4) is 0 Å². The summed E-state index contributed by atoms with van der Waals surface area (Å²) in [4.78, 5) is 11.8. The highest BCUT2D eigenvalue weighted by Gasteiger charge is 2.18. The molecule has 5 nitrogen and oxygen atoms in total. The molecule has 0 atom stereocenters. The molecule has 0 saturated heterocycles. The van der Waals surface area contributed by atoms with Crippen molar-refractivity contribution >= 4 is 17.3 Å². The van der Waals surface area contributed by atoms with Crippen LogP contribution in [0.2, 0.25) is 5.02 Å². The molecule has 1 aromatic rings. The van der Waals surface area contributed by atoms with E-state index in [1.54, 1.807) is 6.20 Å². The molecule has 0 aromatic carbocycles. The van der Waals surface area contributed by atoms with Gasteiger partial charge in [0.15, 0.2) is 0 Å². The van der Waals surface area contributed by atoms with Gasteiger partial charge < -0.3 is 10.4 Å². The second-order valence-corrected chi connectivity index (χ2v) is 5.36. The molecule has 0 fully saturated rings. The van der Waals surface area contributed by atoms with Crippen LogP contribution in [0.25, 0.3) is 0 Å². The number of nitrogens with one attached hydrogen (secondary N) is 1. The Morgan fingerprint density at radius 1 is 1.56 bits per heavy atom. The minimum absolute atomic E-state index is 0.0717. The van der Waals surface area contributed by atoms with Crippen molar-refractivity contribution in [1.82, 2.24) is 9.78 Å². The maximum atomic E-state index is 11.8. The molecular weight excluding hydrogens is 254 g/mol. The zero-order valence-corrected chi connectivity index (χ0v) is 11.8. The first kappa shape index (κ1) is 15.0. The van der Waals surface area contributed by atoms with Gasteiger partial charge in [-0.3, -0.25) is 4.79 Å². The van der Waals surface area contributed by atoms with E-state index in [0.717, 1.165) is 0 Å². The molecule has 0 spiro atoms. The molecule has 2 N–H and O–H groups in total. The molecule has 0 bridgehead atoms. The molecule has 0 amide bonds. The zero-order valence-electron chi connectivity index (χ0n) is 11.0. The lowest BCUT2D eigenvalue weighted by molar-refractivity contribution is 0.220. The number of aryl methyl sites for hydroxylation is 1. The smallest absolute Gasteiger partial charge is 0.287 e. The van der Waals surface area contributed by atoms with Gasteiger partial charge in [0.1, 0.15) is 5.02 Å². The van der Waals surface area contributed by atoms with Crippen LogP contribution in [0.4, 0.5) is 5.69 Å². The van der Waals surface area contributed by atoms with E-state index in [1.807, 2.05) is 20.8 Å². The normalized spacial score (nSPS) is 11.6. The first-order chi connectivity index (χ1) is 8.41. The number of halogens is 1. The fourth-order valence-electron chi connectivity index (χ4n) is 1.54. The van der Waals surface area contributed by atoms with Gasteiger partial charge in [0.05, 0.1) is 11.9 Å². The fourth-order valence-corrected chi connectivity index (χ4v) is 1.75. The number of hydrogen-bond acceptors (Lipinski definition) is 4. The Hall–Kier alpha value is -1.07. The second-order valence-electron chi connectivity index (χ2n) is 4.98. The van der Waals surface area contributed by atoms with Gasteiger partial charge in [-0.15, -0.1) is 0 Å². The lowest BCUT2D eigenvalue weighted by Gasteiger charge is -2.24. The predicted octanol–water partition coefficient (Wildman–Crippen LogP) is 1.74. The van der Waals surface area contributed by atoms with Gasteiger partial charge in [0.25, 0.3) is 5.56 Å². The lowest BCUT2D eigenvalue weighted by atomic mass is 9.90. The highest BCUT2D eigenvalue weighted by atomic mass is 35.5. The van der Waals surface area contributed by atoms with Gasteiger partial charge >= 0.3 is 0 Å². The van der Waals surface area contributed by atoms with E-state index in [1.165, 1.54) is 4.68 Å². The van der Waals surface area contributed by atoms with Gasteiger partial charge in [-0.05, 0) is 18.8 Å². The number of hydrogen-bond donors (Lipinski definition) is 2. The van der Waals surface area contributed by atoms with Crippen molar-refractivity contribution in [2.75, 3.05) is 18.5 Å². The van der Waals surface area contributed by atoms with E-state index in [0.29, 0.717) is 25.2 Å². The van der Waals surface area contributed by atoms with Crippen LogP contribution in [0.1, 0.15) is 27.2 Å². The molecule has 0 saturated carbocycles. The molecule has 1 heterocycles. The van der Waals surface area contributed by atoms with Gasteiger partial charge in [0.2, 0.25) is 0 Å². The van der Waals surface area contributed by atoms with E-state index < -0.39 is 0 Å². The van der Waals surface area contributed by atoms with Gasteiger partial charge in [-0.2, -0.15) is 5.10 Å². The second kappa shape index (κ2) is 6.20. The van der Waals surface area contributed by atoms with Crippen molar-refractivity contribution in [3.63, 3.8) is 0 Å². The first-order valence-electron chi connectivity index (χ1n) is 6.01. The summed E-state index contributed by atoms with van der Waals surface area (Å²) in [6, 6.07) is 0. The largest absolute Gasteiger partial charge is 0.396 e. The summed E-state index contributed by atoms with van der Waals surface area (Å²) in [7, 11) is 0. The summed E-state index contributed by atoms with van der Waals surface area (Å²) in [6.45, 7) is 7.15. The monoisotopic (exact) mass is 273 g/mol. The van der Waals surface area contributed by atoms with Crippen LogP contribution < -0.4 is 10.9 Å². The van der Waals surface area contributed by atoms with Crippen LogP contribution in [0, 0.1) is 5.41 Å². The van der Waals surface area contributed by atoms with E-state index in [-0.39, 0.29) is 22.6 Å². The Kier molecular flexibility index (Phi) is 5.16. The van der Waals surface area contributed by atoms with Gasteiger partial charge in [0, 0.05) is 19.7 Å². The average Bonchev–Trinajstić information content (AvgIpc) is 2.31. The minimum Gasteiger partial charge on any atom is -0.396 e. The molecule has 6 heteroatoms. The summed E-state index contributed by atoms with van der Waals surface area (Å²) in [6.07, 6.45) is 2.24. The number of aliphatic hydroxyl groups is 1.